The Morgan fingerprint density at radius 2 is 1.85 bits per heavy atom. The lowest BCUT2D eigenvalue weighted by atomic mass is 9.46. The van der Waals surface area contributed by atoms with Gasteiger partial charge < -0.3 is 10.2 Å². The summed E-state index contributed by atoms with van der Waals surface area (Å²) in [6, 6.07) is 0.272. The molecule has 4 fully saturated rings. The number of hydrogen-bond donors (Lipinski definition) is 1. The first kappa shape index (κ1) is 28.8. The molecule has 218 valence electrons. The van der Waals surface area contributed by atoms with Crippen molar-refractivity contribution in [3.05, 3.63) is 11.6 Å². The Balaban J connectivity index is 1.27. The highest BCUT2D eigenvalue weighted by molar-refractivity contribution is 5.91. The molecular weight excluding hydrogens is 486 g/mol. The molecule has 0 spiro atoms. The van der Waals surface area contributed by atoms with Crippen LogP contribution in [-0.4, -0.2) is 48.2 Å². The van der Waals surface area contributed by atoms with Crippen LogP contribution in [0.1, 0.15) is 106 Å². The van der Waals surface area contributed by atoms with Gasteiger partial charge in [0.1, 0.15) is 0 Å². The fourth-order valence-corrected chi connectivity index (χ4v) is 9.69. The van der Waals surface area contributed by atoms with E-state index in [1.54, 1.807) is 0 Å². The van der Waals surface area contributed by atoms with Gasteiger partial charge in [0.25, 0.3) is 0 Å². The second-order valence-electron chi connectivity index (χ2n) is 15.3. The average molecular weight is 540 g/mol. The molecule has 39 heavy (non-hydrogen) atoms. The van der Waals surface area contributed by atoms with Crippen molar-refractivity contribution in [2.45, 2.75) is 112 Å². The number of nitrogens with one attached hydrogen (secondary N) is 1. The van der Waals surface area contributed by atoms with E-state index in [-0.39, 0.29) is 28.4 Å². The van der Waals surface area contributed by atoms with Gasteiger partial charge in [-0.25, -0.2) is 4.79 Å². The van der Waals surface area contributed by atoms with Crippen molar-refractivity contribution in [3.63, 3.8) is 0 Å². The van der Waals surface area contributed by atoms with E-state index in [1.165, 1.54) is 31.3 Å². The Labute approximate surface area is 236 Å². The number of hydrogen-bond acceptors (Lipinski definition) is 5. The minimum atomic E-state index is -0.317. The summed E-state index contributed by atoms with van der Waals surface area (Å²) in [4.78, 5) is 33.0. The molecule has 1 N–H and O–H groups in total. The van der Waals surface area contributed by atoms with Gasteiger partial charge in [0.15, 0.2) is 5.78 Å². The number of nitrogens with zero attached hydrogens (tertiary/aromatic N) is 2. The van der Waals surface area contributed by atoms with Crippen molar-refractivity contribution >= 4 is 17.6 Å². The Morgan fingerprint density at radius 3 is 2.54 bits per heavy atom. The molecule has 5 aliphatic rings. The van der Waals surface area contributed by atoms with Crippen LogP contribution in [0.4, 0.5) is 4.79 Å². The summed E-state index contributed by atoms with van der Waals surface area (Å²) in [5.41, 5.74) is 3.00. The third-order valence-electron chi connectivity index (χ3n) is 12.1. The quantitative estimate of drug-likeness (QED) is 0.224. The summed E-state index contributed by atoms with van der Waals surface area (Å²) < 4.78 is 0. The van der Waals surface area contributed by atoms with Crippen LogP contribution in [0, 0.1) is 45.8 Å². The first-order chi connectivity index (χ1) is 18.3. The minimum Gasteiger partial charge on any atom is -0.312 e. The molecule has 1 heterocycles. The number of amides is 1. The number of rotatable bonds is 6. The Morgan fingerprint density at radius 1 is 1.08 bits per heavy atom. The molecule has 7 atom stereocenters. The van der Waals surface area contributed by atoms with Gasteiger partial charge in [0.2, 0.25) is 0 Å². The maximum atomic E-state index is 13.3. The normalized spacial score (nSPS) is 39.6. The number of oxime groups is 1. The van der Waals surface area contributed by atoms with Crippen LogP contribution in [-0.2, 0) is 9.63 Å². The molecule has 0 aromatic heterocycles. The van der Waals surface area contributed by atoms with Crippen molar-refractivity contribution in [3.8, 4) is 0 Å². The molecule has 0 bridgehead atoms. The zero-order valence-corrected chi connectivity index (χ0v) is 25.6. The second-order valence-corrected chi connectivity index (χ2v) is 15.3. The summed E-state index contributed by atoms with van der Waals surface area (Å²) in [6.45, 7) is 18.2. The summed E-state index contributed by atoms with van der Waals surface area (Å²) in [7, 11) is 0. The zero-order chi connectivity index (χ0) is 28.2. The van der Waals surface area contributed by atoms with E-state index in [9.17, 15) is 9.59 Å². The topological polar surface area (TPSA) is 71.0 Å². The van der Waals surface area contributed by atoms with Crippen LogP contribution in [0.3, 0.4) is 0 Å². The fourth-order valence-electron chi connectivity index (χ4n) is 9.69. The molecule has 3 saturated carbocycles. The summed E-state index contributed by atoms with van der Waals surface area (Å²) >= 11 is 0. The molecule has 1 saturated heterocycles. The van der Waals surface area contributed by atoms with Crippen molar-refractivity contribution in [1.82, 2.24) is 10.2 Å². The number of carbonyl (C=O) groups is 2. The van der Waals surface area contributed by atoms with Crippen LogP contribution >= 0.6 is 0 Å². The fraction of sp³-hybridized carbons (Fsp3) is 0.848. The van der Waals surface area contributed by atoms with Gasteiger partial charge >= 0.3 is 6.09 Å². The van der Waals surface area contributed by atoms with Gasteiger partial charge in [-0.05, 0) is 111 Å². The largest absolute Gasteiger partial charge is 0.436 e. The molecule has 0 aromatic rings. The molecular formula is C33H53N3O3. The van der Waals surface area contributed by atoms with Crippen molar-refractivity contribution in [2.75, 3.05) is 19.6 Å². The van der Waals surface area contributed by atoms with Gasteiger partial charge in [0.05, 0.1) is 5.71 Å². The lowest BCUT2D eigenvalue weighted by Crippen LogP contribution is -2.51. The molecule has 0 radical (unpaired) electrons. The highest BCUT2D eigenvalue weighted by atomic mass is 16.7. The minimum absolute atomic E-state index is 0.168. The third kappa shape index (κ3) is 5.24. The van der Waals surface area contributed by atoms with E-state index in [0.717, 1.165) is 43.9 Å². The van der Waals surface area contributed by atoms with Gasteiger partial charge in [-0.3, -0.25) is 9.63 Å². The number of fused-ring (bicyclic) bond motifs is 5. The molecule has 6 nitrogen and oxygen atoms in total. The van der Waals surface area contributed by atoms with Gasteiger partial charge in [0, 0.05) is 31.5 Å². The van der Waals surface area contributed by atoms with Crippen LogP contribution in [0.5, 0.6) is 0 Å². The van der Waals surface area contributed by atoms with Gasteiger partial charge in [-0.15, -0.1) is 0 Å². The lowest BCUT2D eigenvalue weighted by Gasteiger charge is -2.58. The zero-order valence-electron chi connectivity index (χ0n) is 25.6. The van der Waals surface area contributed by atoms with E-state index >= 15 is 0 Å². The van der Waals surface area contributed by atoms with Crippen LogP contribution < -0.4 is 5.32 Å². The summed E-state index contributed by atoms with van der Waals surface area (Å²) in [5.74, 6) is 3.17. The maximum absolute atomic E-state index is 13.3. The van der Waals surface area contributed by atoms with E-state index in [2.05, 4.69) is 58.9 Å². The Hall–Kier alpha value is -1.69. The molecule has 0 aromatic carbocycles. The van der Waals surface area contributed by atoms with Crippen molar-refractivity contribution in [1.29, 1.82) is 0 Å². The third-order valence-corrected chi connectivity index (χ3v) is 12.1. The second kappa shape index (κ2) is 10.6. The highest BCUT2D eigenvalue weighted by Gasteiger charge is 2.59. The van der Waals surface area contributed by atoms with E-state index in [4.69, 9.17) is 4.84 Å². The summed E-state index contributed by atoms with van der Waals surface area (Å²) in [6.07, 6.45) is 11.7. The first-order valence-electron chi connectivity index (χ1n) is 15.8. The summed E-state index contributed by atoms with van der Waals surface area (Å²) in [5, 5.41) is 8.12. The molecule has 1 aliphatic heterocycles. The standard InChI is InChI=1S/C33H53N3O3/c1-21(2)19-36(20-29-31(4,5)16-17-34-29)30(38)39-35-22(3)26-10-11-27-25-9-8-23-18-24(37)12-14-32(23,6)28(25)13-15-33(26,27)7/h18,21,25-29,34H,8-17,19-20H2,1-7H3/b35-22+/t25-,26+,27-,28-,29?,32-,33+/m0/s1. The predicted octanol–water partition coefficient (Wildman–Crippen LogP) is 6.99. The molecule has 1 unspecified atom stereocenters. The Kier molecular flexibility index (Phi) is 7.84. The van der Waals surface area contributed by atoms with Gasteiger partial charge in [-0.2, -0.15) is 0 Å². The number of ketones is 1. The van der Waals surface area contributed by atoms with Crippen molar-refractivity contribution in [2.24, 2.45) is 51.0 Å². The van der Waals surface area contributed by atoms with Crippen LogP contribution in [0.25, 0.3) is 0 Å². The molecule has 6 heteroatoms. The SMILES string of the molecule is C/C(=N\OC(=O)N(CC(C)C)CC1NCCC1(C)C)[C@H]1CC[C@H]2[C@@H]3CCC4=CC(=O)CC[C@]4(C)[C@H]3CC[C@]12C. The smallest absolute Gasteiger partial charge is 0.312 e. The van der Waals surface area contributed by atoms with Gasteiger partial charge in [-0.1, -0.05) is 52.3 Å². The van der Waals surface area contributed by atoms with Crippen LogP contribution in [0.2, 0.25) is 0 Å². The number of carbonyl (C=O) groups excluding carboxylic acids is 2. The van der Waals surface area contributed by atoms with E-state index in [0.29, 0.717) is 49.0 Å². The number of allylic oxidation sites excluding steroid dienone is 1. The maximum Gasteiger partial charge on any atom is 0.436 e. The van der Waals surface area contributed by atoms with Crippen molar-refractivity contribution < 1.29 is 14.4 Å². The average Bonchev–Trinajstić information content (AvgIpc) is 3.40. The first-order valence-corrected chi connectivity index (χ1v) is 15.8. The predicted molar refractivity (Wildman–Crippen MR) is 156 cm³/mol. The van der Waals surface area contributed by atoms with E-state index < -0.39 is 0 Å². The highest BCUT2D eigenvalue weighted by Crippen LogP contribution is 2.66. The molecule has 1 amide bonds. The lowest BCUT2D eigenvalue weighted by molar-refractivity contribution is -0.117. The molecule has 5 rings (SSSR count). The van der Waals surface area contributed by atoms with Crippen LogP contribution in [0.15, 0.2) is 16.8 Å². The molecule has 4 aliphatic carbocycles. The van der Waals surface area contributed by atoms with E-state index in [1.807, 2.05) is 11.0 Å². The monoisotopic (exact) mass is 539 g/mol. The Bertz CT molecular complexity index is 1030.